The lowest BCUT2D eigenvalue weighted by Crippen LogP contribution is -2.22. The van der Waals surface area contributed by atoms with Gasteiger partial charge in [0.25, 0.3) is 0 Å². The second-order valence-electron chi connectivity index (χ2n) is 5.92. The Morgan fingerprint density at radius 3 is 2.75 bits per heavy atom. The number of para-hydroxylation sites is 1. The normalized spacial score (nSPS) is 17.9. The highest BCUT2D eigenvalue weighted by molar-refractivity contribution is 6.32. The molecule has 0 aliphatic heterocycles. The van der Waals surface area contributed by atoms with Gasteiger partial charge < -0.3 is 10.5 Å². The van der Waals surface area contributed by atoms with Gasteiger partial charge in [-0.05, 0) is 43.2 Å². The minimum absolute atomic E-state index is 0.172. The molecule has 0 aromatic heterocycles. The van der Waals surface area contributed by atoms with Crippen molar-refractivity contribution in [3.05, 3.63) is 28.8 Å². The lowest BCUT2D eigenvalue weighted by atomic mass is 9.90. The molecule has 0 spiro atoms. The molecule has 1 aromatic carbocycles. The largest absolute Gasteiger partial charge is 0.491 e. The van der Waals surface area contributed by atoms with Gasteiger partial charge >= 0.3 is 0 Å². The van der Waals surface area contributed by atoms with Crippen LogP contribution in [0.15, 0.2) is 18.2 Å². The maximum Gasteiger partial charge on any atom is 0.141 e. The van der Waals surface area contributed by atoms with Gasteiger partial charge in [0.1, 0.15) is 5.75 Å². The number of hydrogen-bond acceptors (Lipinski definition) is 2. The van der Waals surface area contributed by atoms with Gasteiger partial charge in [0.05, 0.1) is 11.6 Å². The second kappa shape index (κ2) is 7.90. The van der Waals surface area contributed by atoms with E-state index < -0.39 is 0 Å². The van der Waals surface area contributed by atoms with Crippen molar-refractivity contribution in [2.75, 3.05) is 6.61 Å². The minimum atomic E-state index is 0.172. The Labute approximate surface area is 127 Å². The number of halogens is 1. The van der Waals surface area contributed by atoms with E-state index in [9.17, 15) is 0 Å². The van der Waals surface area contributed by atoms with Gasteiger partial charge in [-0.25, -0.2) is 0 Å². The monoisotopic (exact) mass is 295 g/mol. The molecule has 112 valence electrons. The molecular weight excluding hydrogens is 270 g/mol. The highest BCUT2D eigenvalue weighted by Crippen LogP contribution is 2.31. The van der Waals surface area contributed by atoms with Crippen LogP contribution in [0.2, 0.25) is 5.02 Å². The summed E-state index contributed by atoms with van der Waals surface area (Å²) in [5, 5.41) is 0.710. The molecule has 0 amide bonds. The average Bonchev–Trinajstić information content (AvgIpc) is 2.47. The summed E-state index contributed by atoms with van der Waals surface area (Å²) in [5.74, 6) is 1.54. The predicted molar refractivity (Wildman–Crippen MR) is 85.5 cm³/mol. The van der Waals surface area contributed by atoms with E-state index in [0.717, 1.165) is 30.8 Å². The van der Waals surface area contributed by atoms with Crippen molar-refractivity contribution in [2.45, 2.75) is 57.9 Å². The number of rotatable bonds is 6. The summed E-state index contributed by atoms with van der Waals surface area (Å²) in [5.41, 5.74) is 7.21. The molecule has 1 aliphatic rings. The van der Waals surface area contributed by atoms with Crippen LogP contribution < -0.4 is 10.5 Å². The third-order valence-electron chi connectivity index (χ3n) is 4.24. The van der Waals surface area contributed by atoms with E-state index in [0.29, 0.717) is 10.9 Å². The van der Waals surface area contributed by atoms with Crippen molar-refractivity contribution in [3.63, 3.8) is 0 Å². The third-order valence-corrected chi connectivity index (χ3v) is 4.54. The van der Waals surface area contributed by atoms with Gasteiger partial charge in [0.2, 0.25) is 0 Å². The molecule has 2 N–H and O–H groups in total. The molecule has 1 aromatic rings. The Bertz CT molecular complexity index is 415. The van der Waals surface area contributed by atoms with Crippen molar-refractivity contribution >= 4 is 11.6 Å². The number of ether oxygens (including phenoxy) is 1. The summed E-state index contributed by atoms with van der Waals surface area (Å²) in [6.45, 7) is 2.90. The van der Waals surface area contributed by atoms with Crippen molar-refractivity contribution in [1.82, 2.24) is 0 Å². The number of hydrogen-bond donors (Lipinski definition) is 1. The lowest BCUT2D eigenvalue weighted by Gasteiger charge is -2.23. The Morgan fingerprint density at radius 2 is 2.05 bits per heavy atom. The maximum atomic E-state index is 6.31. The molecular formula is C17H26ClNO. The molecule has 0 bridgehead atoms. The van der Waals surface area contributed by atoms with Crippen molar-refractivity contribution in [3.8, 4) is 5.75 Å². The van der Waals surface area contributed by atoms with E-state index in [-0.39, 0.29) is 6.04 Å². The van der Waals surface area contributed by atoms with Crippen LogP contribution in [-0.4, -0.2) is 12.6 Å². The number of nitrogens with two attached hydrogens (primary N) is 1. The molecule has 0 saturated heterocycles. The van der Waals surface area contributed by atoms with Crippen LogP contribution in [0.3, 0.4) is 0 Å². The van der Waals surface area contributed by atoms with Crippen LogP contribution >= 0.6 is 11.6 Å². The van der Waals surface area contributed by atoms with Gasteiger partial charge in [0, 0.05) is 6.04 Å². The summed E-state index contributed by atoms with van der Waals surface area (Å²) < 4.78 is 6.07. The summed E-state index contributed by atoms with van der Waals surface area (Å²) >= 11 is 6.31. The molecule has 1 fully saturated rings. The summed E-state index contributed by atoms with van der Waals surface area (Å²) in [6.07, 6.45) is 8.42. The van der Waals surface area contributed by atoms with Crippen LogP contribution in [-0.2, 0) is 6.42 Å². The van der Waals surface area contributed by atoms with Crippen LogP contribution in [0.25, 0.3) is 0 Å². The van der Waals surface area contributed by atoms with E-state index in [1.165, 1.54) is 32.1 Å². The fourth-order valence-corrected chi connectivity index (χ4v) is 3.11. The van der Waals surface area contributed by atoms with Gasteiger partial charge in [0.15, 0.2) is 0 Å². The molecule has 1 atom stereocenters. The highest BCUT2D eigenvalue weighted by Gasteiger charge is 2.16. The first-order chi connectivity index (χ1) is 9.70. The zero-order chi connectivity index (χ0) is 14.4. The summed E-state index contributed by atoms with van der Waals surface area (Å²) in [4.78, 5) is 0. The quantitative estimate of drug-likeness (QED) is 0.834. The molecule has 2 nitrogen and oxygen atoms in total. The van der Waals surface area contributed by atoms with E-state index in [1.807, 2.05) is 12.1 Å². The van der Waals surface area contributed by atoms with Crippen LogP contribution in [0.1, 0.15) is 51.0 Å². The molecule has 1 unspecified atom stereocenters. The first kappa shape index (κ1) is 15.7. The Kier molecular flexibility index (Phi) is 6.18. The Hall–Kier alpha value is -0.730. The predicted octanol–water partition coefficient (Wildman–Crippen LogP) is 4.58. The fourth-order valence-electron chi connectivity index (χ4n) is 2.86. The van der Waals surface area contributed by atoms with E-state index >= 15 is 0 Å². The lowest BCUT2D eigenvalue weighted by molar-refractivity contribution is 0.207. The average molecular weight is 296 g/mol. The van der Waals surface area contributed by atoms with Crippen LogP contribution in [0, 0.1) is 5.92 Å². The first-order valence-corrected chi connectivity index (χ1v) is 8.24. The SMILES string of the molecule is CCC(N)Cc1cccc(Cl)c1OCC1CCCCC1. The third kappa shape index (κ3) is 4.39. The molecule has 0 radical (unpaired) electrons. The van der Waals surface area contributed by atoms with Crippen molar-refractivity contribution in [2.24, 2.45) is 11.7 Å². The van der Waals surface area contributed by atoms with Crippen LogP contribution in [0.4, 0.5) is 0 Å². The summed E-state index contributed by atoms with van der Waals surface area (Å²) in [6, 6.07) is 6.13. The van der Waals surface area contributed by atoms with Gasteiger partial charge in [-0.15, -0.1) is 0 Å². The highest BCUT2D eigenvalue weighted by atomic mass is 35.5. The fraction of sp³-hybridized carbons (Fsp3) is 0.647. The van der Waals surface area contributed by atoms with Gasteiger partial charge in [-0.3, -0.25) is 0 Å². The second-order valence-corrected chi connectivity index (χ2v) is 6.32. The van der Waals surface area contributed by atoms with E-state index in [4.69, 9.17) is 22.1 Å². The Morgan fingerprint density at radius 1 is 1.30 bits per heavy atom. The van der Waals surface area contributed by atoms with E-state index in [1.54, 1.807) is 0 Å². The molecule has 1 saturated carbocycles. The zero-order valence-corrected chi connectivity index (χ0v) is 13.2. The first-order valence-electron chi connectivity index (χ1n) is 7.86. The summed E-state index contributed by atoms with van der Waals surface area (Å²) in [7, 11) is 0. The minimum Gasteiger partial charge on any atom is -0.491 e. The van der Waals surface area contributed by atoms with Crippen molar-refractivity contribution in [1.29, 1.82) is 0 Å². The number of benzene rings is 1. The van der Waals surface area contributed by atoms with Gasteiger partial charge in [-0.1, -0.05) is 49.9 Å². The molecule has 3 heteroatoms. The Balaban J connectivity index is 2.01. The van der Waals surface area contributed by atoms with Gasteiger partial charge in [-0.2, -0.15) is 0 Å². The topological polar surface area (TPSA) is 35.2 Å². The van der Waals surface area contributed by atoms with Crippen LogP contribution in [0.5, 0.6) is 5.75 Å². The maximum absolute atomic E-state index is 6.31. The standard InChI is InChI=1S/C17H26ClNO/c1-2-15(19)11-14-9-6-10-16(18)17(14)20-12-13-7-4-3-5-8-13/h6,9-10,13,15H,2-5,7-8,11-12,19H2,1H3. The molecule has 0 heterocycles. The smallest absolute Gasteiger partial charge is 0.141 e. The van der Waals surface area contributed by atoms with E-state index in [2.05, 4.69) is 13.0 Å². The molecule has 2 rings (SSSR count). The van der Waals surface area contributed by atoms with Crippen molar-refractivity contribution < 1.29 is 4.74 Å². The zero-order valence-electron chi connectivity index (χ0n) is 12.4. The molecule has 1 aliphatic carbocycles. The molecule has 20 heavy (non-hydrogen) atoms.